The van der Waals surface area contributed by atoms with Crippen LogP contribution in [0.15, 0.2) is 36.4 Å². The first-order valence-electron chi connectivity index (χ1n) is 8.38. The third-order valence-electron chi connectivity index (χ3n) is 4.22. The Hall–Kier alpha value is -2.68. The van der Waals surface area contributed by atoms with Gasteiger partial charge in [0.2, 0.25) is 11.8 Å². The van der Waals surface area contributed by atoms with Crippen molar-refractivity contribution in [1.29, 1.82) is 0 Å². The molecule has 1 saturated heterocycles. The molecule has 0 spiro atoms. The molecule has 2 aromatic rings. The molecule has 2 atom stereocenters. The van der Waals surface area contributed by atoms with E-state index < -0.39 is 40.5 Å². The van der Waals surface area contributed by atoms with Crippen molar-refractivity contribution in [3.63, 3.8) is 0 Å². The highest BCUT2D eigenvalue weighted by Crippen LogP contribution is 2.27. The maximum Gasteiger partial charge on any atom is 0.247 e. The molecule has 0 bridgehead atoms. The molecule has 5 nitrogen and oxygen atoms in total. The van der Waals surface area contributed by atoms with Gasteiger partial charge in [-0.05, 0) is 18.1 Å². The van der Waals surface area contributed by atoms with Crippen LogP contribution >= 0.6 is 11.8 Å². The van der Waals surface area contributed by atoms with Crippen molar-refractivity contribution >= 4 is 29.3 Å². The summed E-state index contributed by atoms with van der Waals surface area (Å²) in [4.78, 5) is 24.6. The number of ether oxygens (including phenoxy) is 1. The van der Waals surface area contributed by atoms with Gasteiger partial charge in [-0.25, -0.2) is 13.2 Å². The fourth-order valence-electron chi connectivity index (χ4n) is 2.81. The standard InChI is InChI=1S/C19H17F3N2O3S/c1-27-17-13(21)7-11(8-14(17)22)23-18(25)15-9-28-16(19(26)24-15)6-10-4-2-3-5-12(10)20/h2-5,7-8,15-16H,6,9H2,1H3,(H,23,25)(H,24,26). The number of hydrogen-bond acceptors (Lipinski definition) is 4. The van der Waals surface area contributed by atoms with Gasteiger partial charge in [0, 0.05) is 23.6 Å². The normalized spacial score (nSPS) is 19.1. The molecule has 1 aliphatic heterocycles. The number of rotatable bonds is 5. The fraction of sp³-hybridized carbons (Fsp3) is 0.263. The number of thioether (sulfide) groups is 1. The van der Waals surface area contributed by atoms with Gasteiger partial charge in [0.25, 0.3) is 0 Å². The van der Waals surface area contributed by atoms with Crippen LogP contribution in [0.4, 0.5) is 18.9 Å². The van der Waals surface area contributed by atoms with Crippen molar-refractivity contribution in [2.45, 2.75) is 17.7 Å². The van der Waals surface area contributed by atoms with E-state index in [2.05, 4.69) is 15.4 Å². The lowest BCUT2D eigenvalue weighted by Crippen LogP contribution is -2.52. The van der Waals surface area contributed by atoms with E-state index in [0.29, 0.717) is 5.56 Å². The Morgan fingerprint density at radius 2 is 1.89 bits per heavy atom. The quantitative estimate of drug-likeness (QED) is 0.796. The number of carbonyl (C=O) groups is 2. The number of benzene rings is 2. The van der Waals surface area contributed by atoms with Gasteiger partial charge in [0.05, 0.1) is 12.4 Å². The Bertz CT molecular complexity index is 887. The van der Waals surface area contributed by atoms with Crippen LogP contribution in [0.1, 0.15) is 5.56 Å². The van der Waals surface area contributed by atoms with Crippen LogP contribution in [0.5, 0.6) is 5.75 Å². The number of carbonyl (C=O) groups excluding carboxylic acids is 2. The van der Waals surface area contributed by atoms with E-state index in [9.17, 15) is 22.8 Å². The Morgan fingerprint density at radius 3 is 2.50 bits per heavy atom. The van der Waals surface area contributed by atoms with Gasteiger partial charge in [-0.2, -0.15) is 0 Å². The highest BCUT2D eigenvalue weighted by Gasteiger charge is 2.33. The minimum atomic E-state index is -0.954. The molecule has 148 valence electrons. The van der Waals surface area contributed by atoms with Gasteiger partial charge in [0.1, 0.15) is 11.9 Å². The second kappa shape index (κ2) is 8.55. The number of anilines is 1. The number of halogens is 3. The van der Waals surface area contributed by atoms with Gasteiger partial charge < -0.3 is 15.4 Å². The number of amides is 2. The summed E-state index contributed by atoms with van der Waals surface area (Å²) in [7, 11) is 1.13. The summed E-state index contributed by atoms with van der Waals surface area (Å²) in [6, 6.07) is 7.17. The minimum absolute atomic E-state index is 0.0893. The molecule has 2 aromatic carbocycles. The molecule has 1 fully saturated rings. The molecule has 0 aromatic heterocycles. The van der Waals surface area contributed by atoms with Crippen molar-refractivity contribution < 1.29 is 27.5 Å². The molecule has 3 rings (SSSR count). The number of methoxy groups -OCH3 is 1. The molecule has 0 radical (unpaired) electrons. The molecule has 2 unspecified atom stereocenters. The Kier molecular flexibility index (Phi) is 6.13. The van der Waals surface area contributed by atoms with Gasteiger partial charge >= 0.3 is 0 Å². The third-order valence-corrected chi connectivity index (χ3v) is 5.53. The Balaban J connectivity index is 1.61. The van der Waals surface area contributed by atoms with Gasteiger partial charge in [-0.15, -0.1) is 11.8 Å². The maximum atomic E-state index is 13.8. The summed E-state index contributed by atoms with van der Waals surface area (Å²) < 4.78 is 45.8. The van der Waals surface area contributed by atoms with E-state index in [1.54, 1.807) is 18.2 Å². The minimum Gasteiger partial charge on any atom is -0.491 e. The molecule has 2 amide bonds. The summed E-state index contributed by atoms with van der Waals surface area (Å²) in [6.45, 7) is 0. The number of nitrogens with one attached hydrogen (secondary N) is 2. The van der Waals surface area contributed by atoms with Crippen molar-refractivity contribution in [2.75, 3.05) is 18.2 Å². The smallest absolute Gasteiger partial charge is 0.247 e. The summed E-state index contributed by atoms with van der Waals surface area (Å²) in [5.41, 5.74) is 0.329. The molecular weight excluding hydrogens is 393 g/mol. The zero-order valence-electron chi connectivity index (χ0n) is 14.8. The second-order valence-electron chi connectivity index (χ2n) is 6.14. The maximum absolute atomic E-state index is 13.8. The number of hydrogen-bond donors (Lipinski definition) is 2. The highest BCUT2D eigenvalue weighted by molar-refractivity contribution is 8.00. The van der Waals surface area contributed by atoms with Crippen molar-refractivity contribution in [3.05, 3.63) is 59.4 Å². The molecule has 9 heteroatoms. The van der Waals surface area contributed by atoms with Crippen LogP contribution in [0.2, 0.25) is 0 Å². The first-order chi connectivity index (χ1) is 13.4. The summed E-state index contributed by atoms with van der Waals surface area (Å²) in [5.74, 6) is -3.59. The average Bonchev–Trinajstić information content (AvgIpc) is 2.64. The van der Waals surface area contributed by atoms with E-state index in [0.717, 1.165) is 19.2 Å². The lowest BCUT2D eigenvalue weighted by molar-refractivity contribution is -0.126. The topological polar surface area (TPSA) is 67.4 Å². The molecule has 0 aliphatic carbocycles. The molecule has 0 saturated carbocycles. The van der Waals surface area contributed by atoms with Gasteiger partial charge in [-0.3, -0.25) is 9.59 Å². The fourth-order valence-corrected chi connectivity index (χ4v) is 3.98. The second-order valence-corrected chi connectivity index (χ2v) is 7.38. The van der Waals surface area contributed by atoms with E-state index in [1.165, 1.54) is 17.8 Å². The third kappa shape index (κ3) is 4.41. The van der Waals surface area contributed by atoms with Crippen LogP contribution in [-0.4, -0.2) is 36.0 Å². The lowest BCUT2D eigenvalue weighted by atomic mass is 10.1. The van der Waals surface area contributed by atoms with E-state index >= 15 is 0 Å². The van der Waals surface area contributed by atoms with Crippen molar-refractivity contribution in [1.82, 2.24) is 5.32 Å². The predicted octanol–water partition coefficient (Wildman–Crippen LogP) is 2.89. The molecular formula is C19H17F3N2O3S. The van der Waals surface area contributed by atoms with Crippen LogP contribution in [0.25, 0.3) is 0 Å². The monoisotopic (exact) mass is 410 g/mol. The molecule has 2 N–H and O–H groups in total. The molecule has 1 aliphatic rings. The summed E-state index contributed by atoms with van der Waals surface area (Å²) in [5, 5.41) is 4.42. The van der Waals surface area contributed by atoms with Crippen LogP contribution < -0.4 is 15.4 Å². The predicted molar refractivity (Wildman–Crippen MR) is 99.8 cm³/mol. The van der Waals surface area contributed by atoms with Crippen LogP contribution in [0.3, 0.4) is 0 Å². The Labute approximate surface area is 163 Å². The van der Waals surface area contributed by atoms with E-state index in [-0.39, 0.29) is 23.7 Å². The van der Waals surface area contributed by atoms with E-state index in [4.69, 9.17) is 0 Å². The summed E-state index contributed by atoms with van der Waals surface area (Å²) >= 11 is 1.23. The largest absolute Gasteiger partial charge is 0.491 e. The first-order valence-corrected chi connectivity index (χ1v) is 9.43. The summed E-state index contributed by atoms with van der Waals surface area (Å²) in [6.07, 6.45) is 0.201. The SMILES string of the molecule is COc1c(F)cc(NC(=O)C2CSC(Cc3ccccc3F)C(=O)N2)cc1F. The zero-order chi connectivity index (χ0) is 20.3. The van der Waals surface area contributed by atoms with Gasteiger partial charge in [0.15, 0.2) is 17.4 Å². The lowest BCUT2D eigenvalue weighted by Gasteiger charge is -2.28. The average molecular weight is 410 g/mol. The zero-order valence-corrected chi connectivity index (χ0v) is 15.6. The van der Waals surface area contributed by atoms with Crippen molar-refractivity contribution in [3.8, 4) is 5.75 Å². The van der Waals surface area contributed by atoms with E-state index in [1.807, 2.05) is 0 Å². The molecule has 28 heavy (non-hydrogen) atoms. The van der Waals surface area contributed by atoms with Gasteiger partial charge in [-0.1, -0.05) is 18.2 Å². The van der Waals surface area contributed by atoms with Crippen LogP contribution in [0, 0.1) is 17.5 Å². The van der Waals surface area contributed by atoms with Crippen LogP contribution in [-0.2, 0) is 16.0 Å². The molecule has 1 heterocycles. The van der Waals surface area contributed by atoms with Crippen molar-refractivity contribution in [2.24, 2.45) is 0 Å². The first kappa shape index (κ1) is 20.1. The highest BCUT2D eigenvalue weighted by atomic mass is 32.2. The Morgan fingerprint density at radius 1 is 1.21 bits per heavy atom.